The minimum absolute atomic E-state index is 0.201. The largest absolute Gasteiger partial charge is 0.405 e. The normalized spacial score (nSPS) is 26.0. The third kappa shape index (κ3) is 3.01. The van der Waals surface area contributed by atoms with E-state index >= 15 is 0 Å². The zero-order chi connectivity index (χ0) is 12.0. The topological polar surface area (TPSA) is 110 Å². The van der Waals surface area contributed by atoms with Crippen molar-refractivity contribution >= 4 is 11.8 Å². The second kappa shape index (κ2) is 5.79. The van der Waals surface area contributed by atoms with Crippen LogP contribution in [0.25, 0.3) is 0 Å². The summed E-state index contributed by atoms with van der Waals surface area (Å²) < 4.78 is 0. The van der Waals surface area contributed by atoms with E-state index in [-0.39, 0.29) is 11.8 Å². The summed E-state index contributed by atoms with van der Waals surface area (Å²) in [6, 6.07) is -1.07. The Morgan fingerprint density at radius 3 is 1.62 bits per heavy atom. The molecule has 2 amide bonds. The number of rotatable bonds is 4. The molecule has 1 heterocycles. The maximum Gasteiger partial charge on any atom is 0.243 e. The molecule has 2 atom stereocenters. The second-order valence-corrected chi connectivity index (χ2v) is 3.45. The molecule has 0 aromatic carbocycles. The molecule has 0 aromatic rings. The zero-order valence-corrected chi connectivity index (χ0v) is 8.85. The maximum absolute atomic E-state index is 11.6. The van der Waals surface area contributed by atoms with Gasteiger partial charge in [-0.2, -0.15) is 0 Å². The van der Waals surface area contributed by atoms with E-state index < -0.39 is 12.1 Å². The molecule has 1 aliphatic heterocycles. The highest BCUT2D eigenvalue weighted by atomic mass is 16.2. The molecule has 6 heteroatoms. The molecule has 1 rings (SSSR count). The number of hydrogen-bond donors (Lipinski definition) is 4. The molecule has 2 unspecified atom stereocenters. The van der Waals surface area contributed by atoms with Crippen LogP contribution in [0.3, 0.4) is 0 Å². The molecule has 88 valence electrons. The van der Waals surface area contributed by atoms with E-state index in [1.54, 1.807) is 12.2 Å². The highest BCUT2D eigenvalue weighted by Gasteiger charge is 2.31. The Morgan fingerprint density at radius 1 is 0.938 bits per heavy atom. The molecule has 0 saturated carbocycles. The van der Waals surface area contributed by atoms with E-state index in [9.17, 15) is 9.59 Å². The van der Waals surface area contributed by atoms with Gasteiger partial charge in [-0.1, -0.05) is 12.2 Å². The van der Waals surface area contributed by atoms with Crippen LogP contribution in [-0.2, 0) is 9.59 Å². The summed E-state index contributed by atoms with van der Waals surface area (Å²) >= 11 is 0. The van der Waals surface area contributed by atoms with Crippen LogP contribution in [0.15, 0.2) is 24.6 Å². The highest BCUT2D eigenvalue weighted by Crippen LogP contribution is 2.05. The van der Waals surface area contributed by atoms with E-state index in [0.717, 1.165) is 0 Å². The number of nitrogens with two attached hydrogens (primary N) is 2. The summed E-state index contributed by atoms with van der Waals surface area (Å²) in [5, 5.41) is 5.25. The molecule has 0 spiro atoms. The predicted octanol–water partition coefficient (Wildman–Crippen LogP) is -1.31. The van der Waals surface area contributed by atoms with Crippen LogP contribution >= 0.6 is 0 Å². The number of nitrogens with one attached hydrogen (secondary N) is 2. The first-order valence-corrected chi connectivity index (χ1v) is 5.03. The Balaban J connectivity index is 2.56. The van der Waals surface area contributed by atoms with Gasteiger partial charge in [-0.05, 0) is 25.2 Å². The lowest BCUT2D eigenvalue weighted by molar-refractivity contribution is -0.136. The standard InChI is InChI=1S/C10H16N4O2/c11-5-1-3-7-9(15)14-8(4-2-6-12)10(16)13-7/h1-2,5-8H,3-4,11-12H2,(H,13,16)(H,14,15). The van der Waals surface area contributed by atoms with Crippen molar-refractivity contribution < 1.29 is 9.59 Å². The molecule has 0 radical (unpaired) electrons. The average molecular weight is 224 g/mol. The monoisotopic (exact) mass is 224 g/mol. The number of piperazine rings is 1. The zero-order valence-electron chi connectivity index (χ0n) is 8.85. The van der Waals surface area contributed by atoms with Crippen LogP contribution in [0.2, 0.25) is 0 Å². The fourth-order valence-corrected chi connectivity index (χ4v) is 1.44. The Labute approximate surface area is 93.7 Å². The lowest BCUT2D eigenvalue weighted by atomic mass is 10.1. The van der Waals surface area contributed by atoms with E-state index in [1.165, 1.54) is 12.4 Å². The molecule has 0 aromatic heterocycles. The molecule has 6 nitrogen and oxygen atoms in total. The van der Waals surface area contributed by atoms with E-state index in [4.69, 9.17) is 11.5 Å². The number of amides is 2. The van der Waals surface area contributed by atoms with Gasteiger partial charge in [-0.15, -0.1) is 0 Å². The quantitative estimate of drug-likeness (QED) is 0.475. The first kappa shape index (κ1) is 12.1. The van der Waals surface area contributed by atoms with E-state index in [2.05, 4.69) is 10.6 Å². The summed E-state index contributed by atoms with van der Waals surface area (Å²) in [5.74, 6) is -0.402. The molecular weight excluding hydrogens is 208 g/mol. The number of carbonyl (C=O) groups excluding carboxylic acids is 2. The van der Waals surface area contributed by atoms with Crippen LogP contribution in [0.4, 0.5) is 0 Å². The van der Waals surface area contributed by atoms with Gasteiger partial charge in [-0.3, -0.25) is 9.59 Å². The Morgan fingerprint density at radius 2 is 1.31 bits per heavy atom. The van der Waals surface area contributed by atoms with Crippen molar-refractivity contribution in [3.8, 4) is 0 Å². The van der Waals surface area contributed by atoms with Gasteiger partial charge in [0.05, 0.1) is 0 Å². The van der Waals surface area contributed by atoms with Crippen molar-refractivity contribution in [2.24, 2.45) is 11.5 Å². The maximum atomic E-state index is 11.6. The van der Waals surface area contributed by atoms with Gasteiger partial charge in [0.25, 0.3) is 0 Å². The predicted molar refractivity (Wildman–Crippen MR) is 59.8 cm³/mol. The SMILES string of the molecule is NC=CCC1NC(=O)C(CC=CN)NC1=O. The third-order valence-electron chi connectivity index (χ3n) is 2.28. The van der Waals surface area contributed by atoms with Crippen LogP contribution in [0.5, 0.6) is 0 Å². The van der Waals surface area contributed by atoms with Crippen LogP contribution in [0, 0.1) is 0 Å². The molecule has 1 aliphatic rings. The summed E-state index contributed by atoms with van der Waals surface area (Å²) in [6.07, 6.45) is 6.75. The third-order valence-corrected chi connectivity index (χ3v) is 2.28. The Hall–Kier alpha value is -1.98. The summed E-state index contributed by atoms with van der Waals surface area (Å²) in [5.41, 5.74) is 10.3. The van der Waals surface area contributed by atoms with E-state index in [1.807, 2.05) is 0 Å². The number of carbonyl (C=O) groups is 2. The van der Waals surface area contributed by atoms with Gasteiger partial charge in [0.2, 0.25) is 11.8 Å². The highest BCUT2D eigenvalue weighted by molar-refractivity contribution is 5.97. The molecule has 1 fully saturated rings. The fraction of sp³-hybridized carbons (Fsp3) is 0.400. The lowest BCUT2D eigenvalue weighted by Gasteiger charge is -2.28. The Bertz CT molecular complexity index is 293. The van der Waals surface area contributed by atoms with Crippen LogP contribution in [0.1, 0.15) is 12.8 Å². The molecule has 6 N–H and O–H groups in total. The first-order chi connectivity index (χ1) is 7.69. The summed E-state index contributed by atoms with van der Waals surface area (Å²) in [4.78, 5) is 23.1. The fourth-order valence-electron chi connectivity index (χ4n) is 1.44. The van der Waals surface area contributed by atoms with Crippen molar-refractivity contribution in [2.75, 3.05) is 0 Å². The smallest absolute Gasteiger partial charge is 0.243 e. The van der Waals surface area contributed by atoms with Gasteiger partial charge in [-0.25, -0.2) is 0 Å². The summed E-state index contributed by atoms with van der Waals surface area (Å²) in [6.45, 7) is 0. The van der Waals surface area contributed by atoms with Gasteiger partial charge in [0.1, 0.15) is 12.1 Å². The second-order valence-electron chi connectivity index (χ2n) is 3.45. The van der Waals surface area contributed by atoms with Gasteiger partial charge in [0, 0.05) is 0 Å². The minimum Gasteiger partial charge on any atom is -0.405 e. The van der Waals surface area contributed by atoms with Crippen molar-refractivity contribution in [2.45, 2.75) is 24.9 Å². The average Bonchev–Trinajstić information content (AvgIpc) is 2.28. The van der Waals surface area contributed by atoms with Crippen molar-refractivity contribution in [3.63, 3.8) is 0 Å². The van der Waals surface area contributed by atoms with E-state index in [0.29, 0.717) is 12.8 Å². The minimum atomic E-state index is -0.537. The molecule has 0 aliphatic carbocycles. The van der Waals surface area contributed by atoms with Crippen molar-refractivity contribution in [1.82, 2.24) is 10.6 Å². The Kier molecular flexibility index (Phi) is 4.38. The molecule has 1 saturated heterocycles. The van der Waals surface area contributed by atoms with Crippen molar-refractivity contribution in [3.05, 3.63) is 24.6 Å². The number of hydrogen-bond acceptors (Lipinski definition) is 4. The first-order valence-electron chi connectivity index (χ1n) is 5.03. The molecule has 0 bridgehead atoms. The van der Waals surface area contributed by atoms with Gasteiger partial charge >= 0.3 is 0 Å². The van der Waals surface area contributed by atoms with Gasteiger partial charge < -0.3 is 22.1 Å². The van der Waals surface area contributed by atoms with Crippen LogP contribution in [-0.4, -0.2) is 23.9 Å². The lowest BCUT2D eigenvalue weighted by Crippen LogP contribution is -2.61. The molecule has 16 heavy (non-hydrogen) atoms. The summed E-state index contributed by atoms with van der Waals surface area (Å²) in [7, 11) is 0. The van der Waals surface area contributed by atoms with Gasteiger partial charge in [0.15, 0.2) is 0 Å². The van der Waals surface area contributed by atoms with Crippen molar-refractivity contribution in [1.29, 1.82) is 0 Å². The van der Waals surface area contributed by atoms with Crippen LogP contribution < -0.4 is 22.1 Å². The molecular formula is C10H16N4O2.